The molecule has 1 aromatic rings. The van der Waals surface area contributed by atoms with E-state index in [9.17, 15) is 13.2 Å². The third kappa shape index (κ3) is 2.35. The van der Waals surface area contributed by atoms with Gasteiger partial charge in [-0.15, -0.1) is 0 Å². The van der Waals surface area contributed by atoms with E-state index in [0.717, 1.165) is 12.3 Å². The van der Waals surface area contributed by atoms with Crippen molar-refractivity contribution in [1.82, 2.24) is 4.98 Å². The maximum atomic E-state index is 12.2. The topological polar surface area (TPSA) is 45.5 Å². The molecule has 1 heterocycles. The van der Waals surface area contributed by atoms with Crippen LogP contribution in [0.2, 0.25) is 0 Å². The molecule has 0 fully saturated rings. The summed E-state index contributed by atoms with van der Waals surface area (Å²) in [5.74, 6) is 0. The Balaban J connectivity index is 3.14. The molecule has 0 aromatic carbocycles. The second-order valence-electron chi connectivity index (χ2n) is 2.32. The SMILES string of the molecule is ON=C(Cl)c1cc(C(F)(F)F)ccn1. The van der Waals surface area contributed by atoms with E-state index in [1.165, 1.54) is 0 Å². The largest absolute Gasteiger partial charge is 0.416 e. The number of oxime groups is 1. The summed E-state index contributed by atoms with van der Waals surface area (Å²) in [6.07, 6.45) is -3.53. The summed E-state index contributed by atoms with van der Waals surface area (Å²) in [5, 5.41) is 10.3. The molecule has 0 atom stereocenters. The van der Waals surface area contributed by atoms with Gasteiger partial charge in [0.25, 0.3) is 0 Å². The second kappa shape index (κ2) is 3.83. The summed E-state index contributed by atoms with van der Waals surface area (Å²) in [6, 6.07) is 1.49. The smallest absolute Gasteiger partial charge is 0.410 e. The fourth-order valence-electron chi connectivity index (χ4n) is 0.771. The second-order valence-corrected chi connectivity index (χ2v) is 2.68. The van der Waals surface area contributed by atoms with Gasteiger partial charge >= 0.3 is 6.18 Å². The van der Waals surface area contributed by atoms with Gasteiger partial charge in [-0.3, -0.25) is 4.98 Å². The molecule has 7 heteroatoms. The van der Waals surface area contributed by atoms with Crippen molar-refractivity contribution in [2.75, 3.05) is 0 Å². The van der Waals surface area contributed by atoms with Gasteiger partial charge in [-0.2, -0.15) is 13.2 Å². The molecule has 76 valence electrons. The average molecular weight is 225 g/mol. The van der Waals surface area contributed by atoms with Crippen LogP contribution in [-0.4, -0.2) is 15.4 Å². The molecule has 0 saturated heterocycles. The van der Waals surface area contributed by atoms with E-state index < -0.39 is 16.9 Å². The van der Waals surface area contributed by atoms with E-state index in [2.05, 4.69) is 10.1 Å². The Morgan fingerprint density at radius 2 is 2.14 bits per heavy atom. The summed E-state index contributed by atoms with van der Waals surface area (Å²) < 4.78 is 36.5. The number of nitrogens with zero attached hydrogens (tertiary/aromatic N) is 2. The molecular weight excluding hydrogens is 221 g/mol. The number of alkyl halides is 3. The zero-order valence-electron chi connectivity index (χ0n) is 6.59. The van der Waals surface area contributed by atoms with Crippen molar-refractivity contribution >= 4 is 16.8 Å². The van der Waals surface area contributed by atoms with Gasteiger partial charge in [-0.05, 0) is 12.1 Å². The average Bonchev–Trinajstić information content (AvgIpc) is 2.15. The first-order valence-electron chi connectivity index (χ1n) is 3.36. The minimum Gasteiger partial charge on any atom is -0.410 e. The first-order valence-corrected chi connectivity index (χ1v) is 3.74. The molecule has 0 aliphatic heterocycles. The van der Waals surface area contributed by atoms with Crippen LogP contribution in [0.25, 0.3) is 0 Å². The van der Waals surface area contributed by atoms with Gasteiger partial charge in [0.05, 0.1) is 5.56 Å². The van der Waals surface area contributed by atoms with Crippen LogP contribution in [0.3, 0.4) is 0 Å². The molecule has 0 spiro atoms. The zero-order chi connectivity index (χ0) is 10.8. The molecule has 1 aromatic heterocycles. The lowest BCUT2D eigenvalue weighted by Crippen LogP contribution is -2.07. The molecule has 3 nitrogen and oxygen atoms in total. The Bertz CT molecular complexity index is 364. The summed E-state index contributed by atoms with van der Waals surface area (Å²) in [6.45, 7) is 0. The quantitative estimate of drug-likeness (QED) is 0.453. The lowest BCUT2D eigenvalue weighted by molar-refractivity contribution is -0.137. The predicted molar refractivity (Wildman–Crippen MR) is 43.4 cm³/mol. The number of hydrogen-bond donors (Lipinski definition) is 1. The van der Waals surface area contributed by atoms with Crippen molar-refractivity contribution in [2.45, 2.75) is 6.18 Å². The molecular formula is C7H4ClF3N2O. The molecule has 0 unspecified atom stereocenters. The van der Waals surface area contributed by atoms with Gasteiger partial charge in [0.2, 0.25) is 0 Å². The van der Waals surface area contributed by atoms with Crippen molar-refractivity contribution in [3.63, 3.8) is 0 Å². The normalized spacial score (nSPS) is 13.0. The van der Waals surface area contributed by atoms with Crippen LogP contribution in [0.5, 0.6) is 0 Å². The summed E-state index contributed by atoms with van der Waals surface area (Å²) in [7, 11) is 0. The maximum Gasteiger partial charge on any atom is 0.416 e. The monoisotopic (exact) mass is 224 g/mol. The molecule has 0 saturated carbocycles. The molecule has 14 heavy (non-hydrogen) atoms. The molecule has 0 bridgehead atoms. The Morgan fingerprint density at radius 1 is 1.50 bits per heavy atom. The highest BCUT2D eigenvalue weighted by atomic mass is 35.5. The standard InChI is InChI=1S/C7H4ClF3N2O/c8-6(13-14)5-3-4(1-2-12-5)7(9,10)11/h1-3,14H. The summed E-state index contributed by atoms with van der Waals surface area (Å²) in [5.41, 5.74) is -1.13. The zero-order valence-corrected chi connectivity index (χ0v) is 7.34. The van der Waals surface area contributed by atoms with Crippen molar-refractivity contribution in [2.24, 2.45) is 5.16 Å². The van der Waals surface area contributed by atoms with Crippen molar-refractivity contribution in [3.8, 4) is 0 Å². The van der Waals surface area contributed by atoms with Crippen molar-refractivity contribution in [1.29, 1.82) is 0 Å². The van der Waals surface area contributed by atoms with Crippen molar-refractivity contribution in [3.05, 3.63) is 29.6 Å². The van der Waals surface area contributed by atoms with Gasteiger partial charge in [0.1, 0.15) is 5.69 Å². The van der Waals surface area contributed by atoms with Crippen LogP contribution in [-0.2, 0) is 6.18 Å². The lowest BCUT2D eigenvalue weighted by Gasteiger charge is -2.06. The van der Waals surface area contributed by atoms with Gasteiger partial charge in [0, 0.05) is 6.20 Å². The van der Waals surface area contributed by atoms with Crippen LogP contribution in [0.4, 0.5) is 13.2 Å². The Kier molecular flexibility index (Phi) is 2.95. The number of aromatic nitrogens is 1. The number of halogens is 4. The molecule has 0 aliphatic rings. The van der Waals surface area contributed by atoms with Gasteiger partial charge in [-0.25, -0.2) is 0 Å². The molecule has 0 aliphatic carbocycles. The highest BCUT2D eigenvalue weighted by Crippen LogP contribution is 2.29. The Labute approximate surface area is 81.8 Å². The van der Waals surface area contributed by atoms with Crippen molar-refractivity contribution < 1.29 is 18.4 Å². The first kappa shape index (κ1) is 10.8. The van der Waals surface area contributed by atoms with E-state index >= 15 is 0 Å². The Hall–Kier alpha value is -1.30. The fourth-order valence-corrected chi connectivity index (χ4v) is 0.874. The maximum absolute atomic E-state index is 12.2. The van der Waals surface area contributed by atoms with Crippen LogP contribution in [0.15, 0.2) is 23.5 Å². The molecule has 0 amide bonds. The van der Waals surface area contributed by atoms with Crippen LogP contribution in [0.1, 0.15) is 11.3 Å². The van der Waals surface area contributed by atoms with E-state index in [-0.39, 0.29) is 5.69 Å². The minimum absolute atomic E-state index is 0.232. The fraction of sp³-hybridized carbons (Fsp3) is 0.143. The highest BCUT2D eigenvalue weighted by Gasteiger charge is 2.30. The lowest BCUT2D eigenvalue weighted by atomic mass is 10.2. The minimum atomic E-state index is -4.47. The Morgan fingerprint density at radius 3 is 2.64 bits per heavy atom. The number of hydrogen-bond acceptors (Lipinski definition) is 3. The van der Waals surface area contributed by atoms with E-state index in [1.54, 1.807) is 0 Å². The molecule has 1 rings (SSSR count). The van der Waals surface area contributed by atoms with Gasteiger partial charge in [0.15, 0.2) is 5.17 Å². The number of rotatable bonds is 1. The predicted octanol–water partition coefficient (Wildman–Crippen LogP) is 2.48. The first-order chi connectivity index (χ1) is 6.45. The summed E-state index contributed by atoms with van der Waals surface area (Å²) >= 11 is 5.28. The van der Waals surface area contributed by atoms with E-state index in [0.29, 0.717) is 6.07 Å². The van der Waals surface area contributed by atoms with E-state index in [1.807, 2.05) is 0 Å². The molecule has 0 radical (unpaired) electrons. The highest BCUT2D eigenvalue weighted by molar-refractivity contribution is 6.69. The van der Waals surface area contributed by atoms with Gasteiger partial charge in [-0.1, -0.05) is 16.8 Å². The number of pyridine rings is 1. The summed E-state index contributed by atoms with van der Waals surface area (Å²) in [4.78, 5) is 3.50. The third-order valence-corrected chi connectivity index (χ3v) is 1.66. The van der Waals surface area contributed by atoms with Gasteiger partial charge < -0.3 is 5.21 Å². The van der Waals surface area contributed by atoms with Crippen LogP contribution in [0, 0.1) is 0 Å². The van der Waals surface area contributed by atoms with Crippen LogP contribution >= 0.6 is 11.6 Å². The molecule has 1 N–H and O–H groups in total. The van der Waals surface area contributed by atoms with Crippen LogP contribution < -0.4 is 0 Å². The third-order valence-electron chi connectivity index (χ3n) is 1.39. The van der Waals surface area contributed by atoms with E-state index in [4.69, 9.17) is 16.8 Å².